The summed E-state index contributed by atoms with van der Waals surface area (Å²) in [6.45, 7) is 4.02. The number of fused-ring (bicyclic) bond motifs is 5. The highest BCUT2D eigenvalue weighted by Gasteiger charge is 2.64. The maximum atomic E-state index is 13.3. The second-order valence-electron chi connectivity index (χ2n) is 8.27. The molecule has 2 amide bonds. The average molecular weight is 345 g/mol. The lowest BCUT2D eigenvalue weighted by Gasteiger charge is -2.28. The van der Waals surface area contributed by atoms with Crippen LogP contribution in [0.25, 0.3) is 0 Å². The van der Waals surface area contributed by atoms with E-state index in [1.54, 1.807) is 0 Å². The highest BCUT2D eigenvalue weighted by atomic mass is 16.2. The smallest absolute Gasteiger partial charge is 0.238 e. The zero-order valence-electron chi connectivity index (χ0n) is 15.2. The number of carbonyl (C=O) groups excluding carboxylic acids is 2. The van der Waals surface area contributed by atoms with Crippen molar-refractivity contribution in [3.63, 3.8) is 0 Å². The van der Waals surface area contributed by atoms with Crippen LogP contribution in [0.2, 0.25) is 0 Å². The molecule has 0 spiro atoms. The molecule has 2 aliphatic carbocycles. The quantitative estimate of drug-likeness (QED) is 0.764. The van der Waals surface area contributed by atoms with Crippen LogP contribution in [0.4, 0.5) is 5.69 Å². The van der Waals surface area contributed by atoms with Crippen LogP contribution in [0.15, 0.2) is 48.5 Å². The fourth-order valence-electron chi connectivity index (χ4n) is 5.84. The zero-order valence-corrected chi connectivity index (χ0v) is 15.2. The summed E-state index contributed by atoms with van der Waals surface area (Å²) in [5.74, 6) is 0.895. The number of carbonyl (C=O) groups is 2. The van der Waals surface area contributed by atoms with E-state index in [1.165, 1.54) is 10.5 Å². The third kappa shape index (κ3) is 2.06. The first kappa shape index (κ1) is 15.8. The number of aryl methyl sites for hydroxylation is 2. The lowest BCUT2D eigenvalue weighted by Crippen LogP contribution is -2.33. The van der Waals surface area contributed by atoms with Gasteiger partial charge >= 0.3 is 0 Å². The first-order valence-corrected chi connectivity index (χ1v) is 9.56. The number of amides is 2. The van der Waals surface area contributed by atoms with E-state index < -0.39 is 0 Å². The van der Waals surface area contributed by atoms with Gasteiger partial charge in [0.15, 0.2) is 0 Å². The van der Waals surface area contributed by atoms with Crippen LogP contribution in [0, 0.1) is 37.5 Å². The highest BCUT2D eigenvalue weighted by Crippen LogP contribution is 2.61. The Hall–Kier alpha value is -2.42. The minimum atomic E-state index is -0.132. The third-order valence-corrected chi connectivity index (χ3v) is 6.84. The third-order valence-electron chi connectivity index (χ3n) is 6.84. The van der Waals surface area contributed by atoms with Gasteiger partial charge in [0.25, 0.3) is 0 Å². The molecule has 1 heterocycles. The van der Waals surface area contributed by atoms with Gasteiger partial charge in [-0.3, -0.25) is 9.59 Å². The molecule has 5 rings (SSSR count). The minimum absolute atomic E-state index is 0.0279. The van der Waals surface area contributed by atoms with Crippen molar-refractivity contribution < 1.29 is 9.59 Å². The summed E-state index contributed by atoms with van der Waals surface area (Å²) < 4.78 is 0. The molecule has 0 aromatic heterocycles. The van der Waals surface area contributed by atoms with Gasteiger partial charge in [0, 0.05) is 0 Å². The van der Waals surface area contributed by atoms with Gasteiger partial charge in [0.05, 0.1) is 17.5 Å². The number of nitrogens with zero attached hydrogens (tertiary/aromatic N) is 1. The molecule has 2 saturated carbocycles. The van der Waals surface area contributed by atoms with E-state index in [9.17, 15) is 9.59 Å². The standard InChI is InChI=1S/C23H23NO2/c1-13-8-9-19(14(2)10-13)24-22(25)20-16-11-17(15-6-4-3-5-7-15)18(12-16)21(20)23(24)26/h3-10,16-18,20-21H,11-12H2,1-2H3/t16-,17+,18+,20-,21-/m0/s1. The van der Waals surface area contributed by atoms with E-state index >= 15 is 0 Å². The summed E-state index contributed by atoms with van der Waals surface area (Å²) in [6, 6.07) is 16.5. The predicted molar refractivity (Wildman–Crippen MR) is 101 cm³/mol. The number of hydrogen-bond acceptors (Lipinski definition) is 2. The number of benzene rings is 2. The average Bonchev–Trinajstić information content (AvgIpc) is 3.29. The molecular formula is C23H23NO2. The fraction of sp³-hybridized carbons (Fsp3) is 0.391. The molecule has 1 saturated heterocycles. The number of anilines is 1. The molecule has 26 heavy (non-hydrogen) atoms. The van der Waals surface area contributed by atoms with Gasteiger partial charge < -0.3 is 0 Å². The van der Waals surface area contributed by atoms with Crippen molar-refractivity contribution >= 4 is 17.5 Å². The molecule has 132 valence electrons. The monoisotopic (exact) mass is 345 g/mol. The summed E-state index contributed by atoms with van der Waals surface area (Å²) in [5.41, 5.74) is 4.24. The van der Waals surface area contributed by atoms with Crippen molar-refractivity contribution in [2.75, 3.05) is 4.90 Å². The van der Waals surface area contributed by atoms with Crippen molar-refractivity contribution in [2.24, 2.45) is 23.7 Å². The summed E-state index contributed by atoms with van der Waals surface area (Å²) in [7, 11) is 0. The van der Waals surface area contributed by atoms with Crippen molar-refractivity contribution in [1.82, 2.24) is 0 Å². The van der Waals surface area contributed by atoms with E-state index in [1.807, 2.05) is 38.1 Å². The fourth-order valence-corrected chi connectivity index (χ4v) is 5.84. The Morgan fingerprint density at radius 3 is 2.35 bits per heavy atom. The van der Waals surface area contributed by atoms with Crippen LogP contribution in [-0.2, 0) is 9.59 Å². The van der Waals surface area contributed by atoms with Crippen LogP contribution in [0.1, 0.15) is 35.4 Å². The molecular weight excluding hydrogens is 322 g/mol. The first-order chi connectivity index (χ1) is 12.6. The molecule has 3 nitrogen and oxygen atoms in total. The van der Waals surface area contributed by atoms with Gasteiger partial charge in [-0.25, -0.2) is 4.90 Å². The molecule has 0 radical (unpaired) electrons. The van der Waals surface area contributed by atoms with Crippen molar-refractivity contribution in [3.05, 3.63) is 65.2 Å². The van der Waals surface area contributed by atoms with Crippen LogP contribution >= 0.6 is 0 Å². The summed E-state index contributed by atoms with van der Waals surface area (Å²) in [4.78, 5) is 28.0. The number of rotatable bonds is 2. The first-order valence-electron chi connectivity index (χ1n) is 9.56. The van der Waals surface area contributed by atoms with E-state index in [4.69, 9.17) is 0 Å². The lowest BCUT2D eigenvalue weighted by molar-refractivity contribution is -0.123. The SMILES string of the molecule is Cc1ccc(N2C(=O)[C@H]3[C@@H]4C[C@@H]([C@@H]3C2=O)[C@@H](c2ccccc2)C4)c(C)c1. The Morgan fingerprint density at radius 1 is 0.885 bits per heavy atom. The summed E-state index contributed by atoms with van der Waals surface area (Å²) >= 11 is 0. The maximum Gasteiger partial charge on any atom is 0.238 e. The Kier molecular flexibility index (Phi) is 3.37. The van der Waals surface area contributed by atoms with Crippen LogP contribution < -0.4 is 4.90 Å². The van der Waals surface area contributed by atoms with Crippen molar-refractivity contribution in [1.29, 1.82) is 0 Å². The van der Waals surface area contributed by atoms with Gasteiger partial charge in [0.2, 0.25) is 11.8 Å². The van der Waals surface area contributed by atoms with Gasteiger partial charge in [0.1, 0.15) is 0 Å². The van der Waals surface area contributed by atoms with Gasteiger partial charge in [-0.1, -0.05) is 48.0 Å². The van der Waals surface area contributed by atoms with Gasteiger partial charge in [-0.2, -0.15) is 0 Å². The number of imide groups is 1. The highest BCUT2D eigenvalue weighted by molar-refractivity contribution is 6.23. The molecule has 0 unspecified atom stereocenters. The molecule has 2 aromatic rings. The second-order valence-corrected chi connectivity index (χ2v) is 8.27. The molecule has 2 bridgehead atoms. The zero-order chi connectivity index (χ0) is 18.0. The Morgan fingerprint density at radius 2 is 1.62 bits per heavy atom. The summed E-state index contributed by atoms with van der Waals surface area (Å²) in [5, 5.41) is 0. The predicted octanol–water partition coefficient (Wildman–Crippen LogP) is 4.23. The van der Waals surface area contributed by atoms with E-state index in [2.05, 4.69) is 24.3 Å². The molecule has 1 aliphatic heterocycles. The Balaban J connectivity index is 1.51. The second kappa shape index (κ2) is 5.54. The summed E-state index contributed by atoms with van der Waals surface area (Å²) in [6.07, 6.45) is 2.06. The van der Waals surface area contributed by atoms with Crippen LogP contribution in [-0.4, -0.2) is 11.8 Å². The topological polar surface area (TPSA) is 37.4 Å². The van der Waals surface area contributed by atoms with Gasteiger partial charge in [-0.15, -0.1) is 0 Å². The maximum absolute atomic E-state index is 13.3. The van der Waals surface area contributed by atoms with E-state index in [0.29, 0.717) is 17.8 Å². The van der Waals surface area contributed by atoms with E-state index in [-0.39, 0.29) is 23.7 Å². The minimum Gasteiger partial charge on any atom is -0.274 e. The van der Waals surface area contributed by atoms with Crippen LogP contribution in [0.5, 0.6) is 0 Å². The van der Waals surface area contributed by atoms with Crippen molar-refractivity contribution in [3.8, 4) is 0 Å². The molecule has 2 aromatic carbocycles. The lowest BCUT2D eigenvalue weighted by atomic mass is 9.73. The van der Waals surface area contributed by atoms with Crippen LogP contribution in [0.3, 0.4) is 0 Å². The number of hydrogen-bond donors (Lipinski definition) is 0. The molecule has 5 atom stereocenters. The van der Waals surface area contributed by atoms with E-state index in [0.717, 1.165) is 29.7 Å². The Labute approximate surface area is 154 Å². The Bertz CT molecular complexity index is 904. The van der Waals surface area contributed by atoms with Crippen molar-refractivity contribution in [2.45, 2.75) is 32.6 Å². The largest absolute Gasteiger partial charge is 0.274 e. The molecule has 0 N–H and O–H groups in total. The molecule has 3 heteroatoms. The molecule has 3 fully saturated rings. The van der Waals surface area contributed by atoms with Gasteiger partial charge in [-0.05, 0) is 61.6 Å². The molecule has 3 aliphatic rings. The normalized spacial score (nSPS) is 32.4.